The summed E-state index contributed by atoms with van der Waals surface area (Å²) in [5.74, 6) is -5.27. The average Bonchev–Trinajstić information content (AvgIpc) is 2.45. The zero-order valence-electron chi connectivity index (χ0n) is 11.6. The number of hydrogen-bond donors (Lipinski definition) is 3. The van der Waals surface area contributed by atoms with Gasteiger partial charge in [-0.1, -0.05) is 30.3 Å². The molecule has 3 N–H and O–H groups in total. The minimum atomic E-state index is -3.79. The van der Waals surface area contributed by atoms with Crippen molar-refractivity contribution in [1.29, 1.82) is 0 Å². The first-order valence-corrected chi connectivity index (χ1v) is 6.98. The Kier molecular flexibility index (Phi) is 4.58. The van der Waals surface area contributed by atoms with Gasteiger partial charge in [0.25, 0.3) is 5.91 Å². The molecular weight excluding hydrogens is 280 g/mol. The minimum absolute atomic E-state index is 0.0694. The second kappa shape index (κ2) is 6.07. The van der Waals surface area contributed by atoms with Crippen molar-refractivity contribution in [2.45, 2.75) is 43.3 Å². The van der Waals surface area contributed by atoms with Crippen LogP contribution in [0.3, 0.4) is 0 Å². The number of carbonyl (C=O) groups is 1. The summed E-state index contributed by atoms with van der Waals surface area (Å²) in [6, 6.07) is 8.77. The van der Waals surface area contributed by atoms with E-state index in [0.717, 1.165) is 0 Å². The summed E-state index contributed by atoms with van der Waals surface area (Å²) < 4.78 is 27.5. The Morgan fingerprint density at radius 3 is 2.48 bits per heavy atom. The normalized spacial score (nSPS) is 18.7. The molecule has 0 aromatic heterocycles. The molecule has 0 aliphatic heterocycles. The fraction of sp³-hybridized carbons (Fsp3) is 0.533. The van der Waals surface area contributed by atoms with Gasteiger partial charge >= 0.3 is 5.92 Å². The lowest BCUT2D eigenvalue weighted by molar-refractivity contribution is -0.215. The summed E-state index contributed by atoms with van der Waals surface area (Å²) in [5, 5.41) is 21.6. The zero-order valence-corrected chi connectivity index (χ0v) is 11.6. The Morgan fingerprint density at radius 2 is 1.95 bits per heavy atom. The van der Waals surface area contributed by atoms with Crippen molar-refractivity contribution in [3.05, 3.63) is 35.9 Å². The highest BCUT2D eigenvalue weighted by atomic mass is 19.3. The van der Waals surface area contributed by atoms with Crippen LogP contribution in [-0.2, 0) is 4.79 Å². The SMILES string of the molecule is O=C(NCC[C@H](O)c1ccccc1)C(F)(F)C1(O)CCC1. The third-order valence-electron chi connectivity index (χ3n) is 3.94. The number of carbonyl (C=O) groups excluding carboxylic acids is 1. The van der Waals surface area contributed by atoms with Gasteiger partial charge in [0.1, 0.15) is 5.60 Å². The Hall–Kier alpha value is -1.53. The van der Waals surface area contributed by atoms with E-state index in [2.05, 4.69) is 5.32 Å². The number of rotatable bonds is 6. The molecule has 2 rings (SSSR count). The van der Waals surface area contributed by atoms with E-state index in [1.807, 2.05) is 0 Å². The lowest BCUT2D eigenvalue weighted by atomic mass is 9.75. The number of aliphatic hydroxyl groups is 2. The van der Waals surface area contributed by atoms with E-state index in [4.69, 9.17) is 0 Å². The summed E-state index contributed by atoms with van der Waals surface area (Å²) in [5.41, 5.74) is -1.55. The number of aliphatic hydroxyl groups excluding tert-OH is 1. The molecule has 4 nitrogen and oxygen atoms in total. The lowest BCUT2D eigenvalue weighted by Gasteiger charge is -2.41. The van der Waals surface area contributed by atoms with Crippen LogP contribution in [0.5, 0.6) is 0 Å². The maximum absolute atomic E-state index is 13.8. The number of hydrogen-bond acceptors (Lipinski definition) is 3. The Morgan fingerprint density at radius 1 is 1.33 bits per heavy atom. The smallest absolute Gasteiger partial charge is 0.352 e. The fourth-order valence-electron chi connectivity index (χ4n) is 2.31. The summed E-state index contributed by atoms with van der Waals surface area (Å²) in [4.78, 5) is 11.5. The molecule has 1 atom stereocenters. The molecule has 0 saturated heterocycles. The monoisotopic (exact) mass is 299 g/mol. The topological polar surface area (TPSA) is 69.6 Å². The first-order chi connectivity index (χ1) is 9.87. The van der Waals surface area contributed by atoms with Gasteiger partial charge in [-0.3, -0.25) is 4.79 Å². The van der Waals surface area contributed by atoms with Crippen molar-refractivity contribution < 1.29 is 23.8 Å². The number of halogens is 2. The third-order valence-corrected chi connectivity index (χ3v) is 3.94. The van der Waals surface area contributed by atoms with Crippen molar-refractivity contribution in [2.24, 2.45) is 0 Å². The molecule has 1 saturated carbocycles. The van der Waals surface area contributed by atoms with Crippen LogP contribution < -0.4 is 5.32 Å². The van der Waals surface area contributed by atoms with Crippen LogP contribution in [0.1, 0.15) is 37.4 Å². The molecule has 1 aliphatic rings. The largest absolute Gasteiger partial charge is 0.388 e. The highest BCUT2D eigenvalue weighted by Crippen LogP contribution is 2.44. The van der Waals surface area contributed by atoms with Crippen molar-refractivity contribution in [3.8, 4) is 0 Å². The zero-order chi connectivity index (χ0) is 15.5. The predicted molar refractivity (Wildman–Crippen MR) is 72.8 cm³/mol. The Balaban J connectivity index is 1.82. The van der Waals surface area contributed by atoms with E-state index in [9.17, 15) is 23.8 Å². The van der Waals surface area contributed by atoms with E-state index < -0.39 is 23.5 Å². The highest BCUT2D eigenvalue weighted by Gasteiger charge is 2.60. The van der Waals surface area contributed by atoms with Gasteiger partial charge in [0.05, 0.1) is 6.10 Å². The van der Waals surface area contributed by atoms with Gasteiger partial charge in [0.15, 0.2) is 0 Å². The van der Waals surface area contributed by atoms with Crippen molar-refractivity contribution in [1.82, 2.24) is 5.32 Å². The van der Waals surface area contributed by atoms with E-state index in [1.54, 1.807) is 30.3 Å². The van der Waals surface area contributed by atoms with Crippen LogP contribution >= 0.6 is 0 Å². The molecule has 0 bridgehead atoms. The second-order valence-corrected chi connectivity index (χ2v) is 5.43. The molecule has 6 heteroatoms. The maximum atomic E-state index is 13.8. The van der Waals surface area contributed by atoms with Crippen molar-refractivity contribution in [3.63, 3.8) is 0 Å². The maximum Gasteiger partial charge on any atom is 0.352 e. The van der Waals surface area contributed by atoms with Gasteiger partial charge in [-0.25, -0.2) is 0 Å². The summed E-state index contributed by atoms with van der Waals surface area (Å²) in [6.45, 7) is -0.0828. The molecule has 1 fully saturated rings. The summed E-state index contributed by atoms with van der Waals surface area (Å²) >= 11 is 0. The number of nitrogens with one attached hydrogen (secondary N) is 1. The molecule has 0 heterocycles. The standard InChI is InChI=1S/C15H19F2NO3/c16-15(17,14(21)8-4-9-14)13(20)18-10-7-12(19)11-5-2-1-3-6-11/h1-3,5-6,12,19,21H,4,7-10H2,(H,18,20)/t12-/m0/s1. The molecule has 0 spiro atoms. The molecule has 0 radical (unpaired) electrons. The van der Waals surface area contributed by atoms with E-state index in [-0.39, 0.29) is 25.8 Å². The van der Waals surface area contributed by atoms with Gasteiger partial charge in [-0.2, -0.15) is 8.78 Å². The Labute approximate surface area is 121 Å². The predicted octanol–water partition coefficient (Wildman–Crippen LogP) is 1.78. The third kappa shape index (κ3) is 3.22. The van der Waals surface area contributed by atoms with Crippen LogP contribution in [0.2, 0.25) is 0 Å². The lowest BCUT2D eigenvalue weighted by Crippen LogP contribution is -2.60. The van der Waals surface area contributed by atoms with E-state index in [0.29, 0.717) is 12.0 Å². The molecule has 1 aromatic rings. The fourth-order valence-corrected chi connectivity index (χ4v) is 2.31. The quantitative estimate of drug-likeness (QED) is 0.750. The first kappa shape index (κ1) is 15.9. The second-order valence-electron chi connectivity index (χ2n) is 5.43. The molecule has 1 aliphatic carbocycles. The highest BCUT2D eigenvalue weighted by molar-refractivity contribution is 5.85. The van der Waals surface area contributed by atoms with Crippen LogP contribution in [0.15, 0.2) is 30.3 Å². The molecule has 1 aromatic carbocycles. The van der Waals surface area contributed by atoms with E-state index in [1.165, 1.54) is 0 Å². The van der Waals surface area contributed by atoms with Crippen molar-refractivity contribution in [2.75, 3.05) is 6.54 Å². The Bertz CT molecular complexity index is 489. The van der Waals surface area contributed by atoms with Crippen molar-refractivity contribution >= 4 is 5.91 Å². The van der Waals surface area contributed by atoms with Gasteiger partial charge in [0.2, 0.25) is 0 Å². The van der Waals surface area contributed by atoms with Gasteiger partial charge in [0, 0.05) is 6.54 Å². The molecule has 116 valence electrons. The minimum Gasteiger partial charge on any atom is -0.388 e. The van der Waals surface area contributed by atoms with Gasteiger partial charge < -0.3 is 15.5 Å². The first-order valence-electron chi connectivity index (χ1n) is 6.98. The number of amides is 1. The van der Waals surface area contributed by atoms with E-state index >= 15 is 0 Å². The molecule has 1 amide bonds. The number of benzene rings is 1. The molecular formula is C15H19F2NO3. The molecule has 0 unspecified atom stereocenters. The van der Waals surface area contributed by atoms with Crippen LogP contribution in [0, 0.1) is 0 Å². The average molecular weight is 299 g/mol. The van der Waals surface area contributed by atoms with Gasteiger partial charge in [-0.05, 0) is 31.2 Å². The van der Waals surface area contributed by atoms with Gasteiger partial charge in [-0.15, -0.1) is 0 Å². The number of alkyl halides is 2. The van der Waals surface area contributed by atoms with Crippen LogP contribution in [0.4, 0.5) is 8.78 Å². The molecule has 21 heavy (non-hydrogen) atoms. The van der Waals surface area contributed by atoms with Crippen LogP contribution in [-0.4, -0.2) is 34.2 Å². The summed E-state index contributed by atoms with van der Waals surface area (Å²) in [7, 11) is 0. The summed E-state index contributed by atoms with van der Waals surface area (Å²) in [6.07, 6.45) is -0.344. The van der Waals surface area contributed by atoms with Crippen LogP contribution in [0.25, 0.3) is 0 Å².